The number of nitrogens with one attached hydrogen (secondary N) is 2. The van der Waals surface area contributed by atoms with Crippen LogP contribution in [0.5, 0.6) is 5.75 Å². The molecule has 1 unspecified atom stereocenters. The predicted molar refractivity (Wildman–Crippen MR) is 165 cm³/mol. The van der Waals surface area contributed by atoms with Crippen LogP contribution in [0.25, 0.3) is 0 Å². The van der Waals surface area contributed by atoms with Gasteiger partial charge in [0.05, 0.1) is 18.8 Å². The molecule has 0 aliphatic carbocycles. The average Bonchev–Trinajstić information content (AvgIpc) is 2.96. The standard InChI is InChI=1S/C34H50FN3O4/c1-4-9-26-14-16-38(15-5-2)34(41)13-8-12-33(40)37-31(20-28-18-29(35)21-30(19-28)42-24-26)32(39)23-36-22-27-11-7-10-25(6-3)17-27/h7,10-11,17-19,21,26,31-32,36,39H,4-6,8-9,12-16,20,22-24H2,1-3H3,(H,37,40)/t26?,31-,32+/m0/s1. The molecule has 0 aromatic heterocycles. The van der Waals surface area contributed by atoms with Crippen molar-refractivity contribution >= 4 is 11.8 Å². The van der Waals surface area contributed by atoms with Gasteiger partial charge >= 0.3 is 0 Å². The summed E-state index contributed by atoms with van der Waals surface area (Å²) in [5.74, 6) is 0.0917. The Bertz CT molecular complexity index is 1130. The second-order valence-electron chi connectivity index (χ2n) is 11.5. The van der Waals surface area contributed by atoms with Crippen molar-refractivity contribution in [3.8, 4) is 5.75 Å². The number of aliphatic hydroxyl groups is 1. The quantitative estimate of drug-likeness (QED) is 0.359. The third-order valence-electron chi connectivity index (χ3n) is 7.91. The molecule has 2 aromatic carbocycles. The molecule has 3 N–H and O–H groups in total. The van der Waals surface area contributed by atoms with E-state index in [1.807, 2.05) is 17.0 Å². The van der Waals surface area contributed by atoms with Crippen molar-refractivity contribution in [2.24, 2.45) is 5.92 Å². The van der Waals surface area contributed by atoms with Gasteiger partial charge in [0.25, 0.3) is 0 Å². The Labute approximate surface area is 251 Å². The summed E-state index contributed by atoms with van der Waals surface area (Å²) >= 11 is 0. The lowest BCUT2D eigenvalue weighted by Gasteiger charge is -2.25. The van der Waals surface area contributed by atoms with Gasteiger partial charge in [-0.1, -0.05) is 51.5 Å². The molecule has 2 amide bonds. The van der Waals surface area contributed by atoms with Gasteiger partial charge in [-0.15, -0.1) is 0 Å². The Hall–Kier alpha value is -2.97. The summed E-state index contributed by atoms with van der Waals surface area (Å²) in [6, 6.07) is 12.3. The van der Waals surface area contributed by atoms with Crippen LogP contribution in [-0.4, -0.2) is 60.2 Å². The molecule has 0 radical (unpaired) electrons. The van der Waals surface area contributed by atoms with Gasteiger partial charge in [0.1, 0.15) is 11.6 Å². The van der Waals surface area contributed by atoms with Crippen LogP contribution in [0.15, 0.2) is 42.5 Å². The van der Waals surface area contributed by atoms with Crippen LogP contribution in [0, 0.1) is 11.7 Å². The van der Waals surface area contributed by atoms with E-state index in [-0.39, 0.29) is 37.1 Å². The molecule has 1 aliphatic rings. The fourth-order valence-corrected chi connectivity index (χ4v) is 5.57. The van der Waals surface area contributed by atoms with Gasteiger partial charge in [0.2, 0.25) is 11.8 Å². The minimum Gasteiger partial charge on any atom is -0.493 e. The second kappa shape index (κ2) is 17.9. The Morgan fingerprint density at radius 1 is 1.10 bits per heavy atom. The van der Waals surface area contributed by atoms with Crippen LogP contribution in [-0.2, 0) is 29.0 Å². The molecule has 0 saturated heterocycles. The number of hydrogen-bond acceptors (Lipinski definition) is 5. The molecule has 2 bridgehead atoms. The number of halogens is 1. The largest absolute Gasteiger partial charge is 0.493 e. The lowest BCUT2D eigenvalue weighted by atomic mass is 9.99. The Kier molecular flexibility index (Phi) is 14.3. The summed E-state index contributed by atoms with van der Waals surface area (Å²) in [4.78, 5) is 27.9. The van der Waals surface area contributed by atoms with E-state index >= 15 is 0 Å². The normalized spacial score (nSPS) is 20.0. The molecule has 3 rings (SSSR count). The van der Waals surface area contributed by atoms with Gasteiger partial charge in [0, 0.05) is 45.1 Å². The highest BCUT2D eigenvalue weighted by atomic mass is 19.1. The SMILES string of the molecule is CCCC1CCN(CCC)C(=O)CCCC(=O)N[C@H]([C@H](O)CNCc2cccc(CC)c2)Cc2cc(F)cc(c2)OC1. The first-order chi connectivity index (χ1) is 20.3. The number of amides is 2. The third-order valence-corrected chi connectivity index (χ3v) is 7.91. The topological polar surface area (TPSA) is 90.9 Å². The summed E-state index contributed by atoms with van der Waals surface area (Å²) in [5.41, 5.74) is 3.01. The monoisotopic (exact) mass is 583 g/mol. The van der Waals surface area contributed by atoms with Crippen molar-refractivity contribution in [3.63, 3.8) is 0 Å². The van der Waals surface area contributed by atoms with E-state index in [2.05, 4.69) is 43.5 Å². The molecule has 232 valence electrons. The van der Waals surface area contributed by atoms with Crippen LogP contribution >= 0.6 is 0 Å². The first-order valence-corrected chi connectivity index (χ1v) is 15.8. The highest BCUT2D eigenvalue weighted by Crippen LogP contribution is 2.22. The number of carbonyl (C=O) groups is 2. The van der Waals surface area contributed by atoms with E-state index in [4.69, 9.17) is 4.74 Å². The van der Waals surface area contributed by atoms with E-state index in [0.29, 0.717) is 50.4 Å². The molecule has 1 heterocycles. The first kappa shape index (κ1) is 33.5. The van der Waals surface area contributed by atoms with Gasteiger partial charge in [-0.3, -0.25) is 9.59 Å². The van der Waals surface area contributed by atoms with Gasteiger partial charge < -0.3 is 25.4 Å². The zero-order valence-electron chi connectivity index (χ0n) is 25.7. The van der Waals surface area contributed by atoms with Crippen LogP contribution in [0.2, 0.25) is 0 Å². The maximum absolute atomic E-state index is 14.7. The minimum absolute atomic E-state index is 0.0618. The van der Waals surface area contributed by atoms with Crippen molar-refractivity contribution in [3.05, 3.63) is 65.0 Å². The molecule has 0 saturated carbocycles. The highest BCUT2D eigenvalue weighted by molar-refractivity contribution is 5.79. The number of aliphatic hydroxyl groups excluding tert-OH is 1. The summed E-state index contributed by atoms with van der Waals surface area (Å²) in [6.07, 6.45) is 4.84. The molecule has 42 heavy (non-hydrogen) atoms. The molecule has 0 fully saturated rings. The molecule has 3 atom stereocenters. The van der Waals surface area contributed by atoms with Crippen molar-refractivity contribution in [2.75, 3.05) is 26.2 Å². The summed E-state index contributed by atoms with van der Waals surface area (Å²) in [6.45, 7) is 8.90. The maximum atomic E-state index is 14.7. The second-order valence-corrected chi connectivity index (χ2v) is 11.5. The van der Waals surface area contributed by atoms with E-state index in [9.17, 15) is 19.1 Å². The fourth-order valence-electron chi connectivity index (χ4n) is 5.57. The zero-order chi connectivity index (χ0) is 30.3. The van der Waals surface area contributed by atoms with Gasteiger partial charge in [-0.2, -0.15) is 0 Å². The Balaban J connectivity index is 1.77. The van der Waals surface area contributed by atoms with Crippen molar-refractivity contribution < 1.29 is 23.8 Å². The Morgan fingerprint density at radius 2 is 1.90 bits per heavy atom. The lowest BCUT2D eigenvalue weighted by Crippen LogP contribution is -2.48. The van der Waals surface area contributed by atoms with E-state index in [1.165, 1.54) is 17.7 Å². The molecular formula is C34H50FN3O4. The number of aryl methyl sites for hydroxylation is 1. The van der Waals surface area contributed by atoms with Gasteiger partial charge in [-0.25, -0.2) is 4.39 Å². The smallest absolute Gasteiger partial charge is 0.222 e. The van der Waals surface area contributed by atoms with Crippen LogP contribution in [0.4, 0.5) is 4.39 Å². The minimum atomic E-state index is -0.909. The van der Waals surface area contributed by atoms with E-state index < -0.39 is 18.0 Å². The van der Waals surface area contributed by atoms with Crippen molar-refractivity contribution in [1.82, 2.24) is 15.5 Å². The number of hydrogen-bond donors (Lipinski definition) is 3. The Morgan fingerprint density at radius 3 is 2.67 bits per heavy atom. The molecular weight excluding hydrogens is 533 g/mol. The van der Waals surface area contributed by atoms with Crippen molar-refractivity contribution in [1.29, 1.82) is 0 Å². The van der Waals surface area contributed by atoms with Crippen LogP contribution in [0.1, 0.15) is 82.4 Å². The van der Waals surface area contributed by atoms with Gasteiger partial charge in [0.15, 0.2) is 0 Å². The fraction of sp³-hybridized carbons (Fsp3) is 0.588. The van der Waals surface area contributed by atoms with E-state index in [1.54, 1.807) is 6.07 Å². The number of carbonyl (C=O) groups excluding carboxylic acids is 2. The number of benzene rings is 2. The third kappa shape index (κ3) is 11.4. The summed E-state index contributed by atoms with van der Waals surface area (Å²) in [5, 5.41) is 17.4. The molecule has 8 heteroatoms. The molecule has 0 spiro atoms. The van der Waals surface area contributed by atoms with E-state index in [0.717, 1.165) is 37.7 Å². The van der Waals surface area contributed by atoms with Gasteiger partial charge in [-0.05, 0) is 73.3 Å². The highest BCUT2D eigenvalue weighted by Gasteiger charge is 2.24. The molecule has 1 aliphatic heterocycles. The number of rotatable bonds is 10. The number of fused-ring (bicyclic) bond motifs is 2. The van der Waals surface area contributed by atoms with Crippen LogP contribution in [0.3, 0.4) is 0 Å². The summed E-state index contributed by atoms with van der Waals surface area (Å²) < 4.78 is 20.8. The van der Waals surface area contributed by atoms with Crippen molar-refractivity contribution in [2.45, 2.75) is 97.2 Å². The zero-order valence-corrected chi connectivity index (χ0v) is 25.7. The molecule has 2 aromatic rings. The summed E-state index contributed by atoms with van der Waals surface area (Å²) in [7, 11) is 0. The lowest BCUT2D eigenvalue weighted by molar-refractivity contribution is -0.131. The first-order valence-electron chi connectivity index (χ1n) is 15.8. The number of ether oxygens (including phenoxy) is 1. The van der Waals surface area contributed by atoms with Crippen LogP contribution < -0.4 is 15.4 Å². The molecule has 7 nitrogen and oxygen atoms in total. The number of nitrogens with zero attached hydrogens (tertiary/aromatic N) is 1. The average molecular weight is 584 g/mol. The predicted octanol–water partition coefficient (Wildman–Crippen LogP) is 5.17. The maximum Gasteiger partial charge on any atom is 0.222 e.